The summed E-state index contributed by atoms with van der Waals surface area (Å²) >= 11 is 1.28. The van der Waals surface area contributed by atoms with E-state index >= 15 is 0 Å². The van der Waals surface area contributed by atoms with Crippen LogP contribution in [0.25, 0.3) is 0 Å². The van der Waals surface area contributed by atoms with Gasteiger partial charge in [0.2, 0.25) is 0 Å². The second kappa shape index (κ2) is 2.88. The second-order valence-electron chi connectivity index (χ2n) is 1.74. The summed E-state index contributed by atoms with van der Waals surface area (Å²) in [6, 6.07) is 1.59. The summed E-state index contributed by atoms with van der Waals surface area (Å²) < 4.78 is 4.47. The maximum absolute atomic E-state index is 10.8. The van der Waals surface area contributed by atoms with Crippen LogP contribution in [0.1, 0.15) is 9.67 Å². The molecule has 0 unspecified atom stereocenters. The average molecular weight is 152 g/mol. The normalized spacial score (nSPS) is 9.30. The summed E-state index contributed by atoms with van der Waals surface area (Å²) in [7, 11) is 6.72. The number of hydrogen-bond acceptors (Lipinski definition) is 3. The summed E-state index contributed by atoms with van der Waals surface area (Å²) in [5, 5.41) is 1.70. The van der Waals surface area contributed by atoms with Crippen LogP contribution in [-0.4, -0.2) is 20.9 Å². The fourth-order valence-corrected chi connectivity index (χ4v) is 1.27. The highest BCUT2D eigenvalue weighted by atomic mass is 32.1. The molecule has 0 aliphatic rings. The van der Waals surface area contributed by atoms with Gasteiger partial charge in [-0.05, 0) is 11.4 Å². The molecule has 50 valence electrons. The van der Waals surface area contributed by atoms with Gasteiger partial charge in [-0.15, -0.1) is 11.3 Å². The van der Waals surface area contributed by atoms with E-state index in [9.17, 15) is 4.79 Å². The third kappa shape index (κ3) is 1.39. The number of esters is 1. The highest BCUT2D eigenvalue weighted by Crippen LogP contribution is 2.06. The zero-order chi connectivity index (χ0) is 7.56. The number of carbonyl (C=O) groups excluding carboxylic acids is 1. The Morgan fingerprint density at radius 3 is 2.90 bits per heavy atom. The van der Waals surface area contributed by atoms with Gasteiger partial charge in [0.05, 0.1) is 7.11 Å². The molecule has 0 spiro atoms. The number of methoxy groups -OCH3 is 1. The molecule has 0 N–H and O–H groups in total. The van der Waals surface area contributed by atoms with Crippen LogP contribution in [0.3, 0.4) is 0 Å². The van der Waals surface area contributed by atoms with E-state index in [-0.39, 0.29) is 5.97 Å². The fourth-order valence-electron chi connectivity index (χ4n) is 0.559. The first-order valence-electron chi connectivity index (χ1n) is 2.66. The predicted octanol–water partition coefficient (Wildman–Crippen LogP) is 0.329. The van der Waals surface area contributed by atoms with Crippen LogP contribution in [0.5, 0.6) is 0 Å². The molecule has 0 fully saturated rings. The molecule has 0 aliphatic carbocycles. The van der Waals surface area contributed by atoms with E-state index in [1.807, 2.05) is 0 Å². The van der Waals surface area contributed by atoms with Crippen molar-refractivity contribution in [3.8, 4) is 0 Å². The second-order valence-corrected chi connectivity index (χ2v) is 2.65. The molecule has 10 heavy (non-hydrogen) atoms. The Morgan fingerprint density at radius 2 is 2.50 bits per heavy atom. The van der Waals surface area contributed by atoms with E-state index in [0.29, 0.717) is 10.3 Å². The third-order valence-corrected chi connectivity index (χ3v) is 1.93. The first kappa shape index (κ1) is 7.34. The Kier molecular flexibility index (Phi) is 2.11. The maximum Gasteiger partial charge on any atom is 0.347 e. The average Bonchev–Trinajstić information content (AvgIpc) is 2.34. The lowest BCUT2D eigenvalue weighted by Gasteiger charge is -1.90. The molecule has 2 nitrogen and oxygen atoms in total. The van der Waals surface area contributed by atoms with Gasteiger partial charge in [-0.2, -0.15) is 0 Å². The third-order valence-electron chi connectivity index (χ3n) is 1.01. The number of hydrogen-bond donors (Lipinski definition) is 0. The highest BCUT2D eigenvalue weighted by Gasteiger charge is 2.05. The Hall–Kier alpha value is -0.765. The number of rotatable bonds is 1. The van der Waals surface area contributed by atoms with Crippen molar-refractivity contribution < 1.29 is 9.53 Å². The van der Waals surface area contributed by atoms with Crippen LogP contribution in [-0.2, 0) is 4.74 Å². The van der Waals surface area contributed by atoms with Crippen LogP contribution >= 0.6 is 11.3 Å². The van der Waals surface area contributed by atoms with Gasteiger partial charge in [0, 0.05) is 0 Å². The van der Waals surface area contributed by atoms with Crippen molar-refractivity contribution in [2.24, 2.45) is 0 Å². The first-order valence-corrected chi connectivity index (χ1v) is 3.54. The quantitative estimate of drug-likeness (QED) is 0.428. The van der Waals surface area contributed by atoms with E-state index in [0.717, 1.165) is 0 Å². The van der Waals surface area contributed by atoms with Crippen LogP contribution < -0.4 is 5.46 Å². The van der Waals surface area contributed by atoms with E-state index in [4.69, 9.17) is 7.85 Å². The van der Waals surface area contributed by atoms with Gasteiger partial charge >= 0.3 is 5.97 Å². The molecule has 0 aliphatic heterocycles. The van der Waals surface area contributed by atoms with Crippen molar-refractivity contribution in [2.45, 2.75) is 0 Å². The van der Waals surface area contributed by atoms with Gasteiger partial charge in [0.15, 0.2) is 0 Å². The molecule has 0 aromatic carbocycles. The Balaban J connectivity index is 2.85. The van der Waals surface area contributed by atoms with Gasteiger partial charge in [-0.25, -0.2) is 4.79 Å². The molecule has 2 radical (unpaired) electrons. The van der Waals surface area contributed by atoms with Crippen molar-refractivity contribution in [1.29, 1.82) is 0 Å². The van der Waals surface area contributed by atoms with Gasteiger partial charge < -0.3 is 4.74 Å². The van der Waals surface area contributed by atoms with Crippen LogP contribution in [0.15, 0.2) is 11.4 Å². The molecular formula is C6H5BO2S. The molecule has 1 aromatic heterocycles. The molecule has 0 atom stereocenters. The lowest BCUT2D eigenvalue weighted by atomic mass is 10.0. The van der Waals surface area contributed by atoms with Crippen LogP contribution in [0.2, 0.25) is 0 Å². The van der Waals surface area contributed by atoms with Crippen molar-refractivity contribution in [3.05, 3.63) is 16.3 Å². The standard InChI is InChI=1S/C6H5BO2S/c1-9-6(8)5-2-4(7)3-10-5/h2-3H,1H3. The van der Waals surface area contributed by atoms with E-state index in [1.165, 1.54) is 18.4 Å². The van der Waals surface area contributed by atoms with Crippen molar-refractivity contribution in [3.63, 3.8) is 0 Å². The fraction of sp³-hybridized carbons (Fsp3) is 0.167. The topological polar surface area (TPSA) is 26.3 Å². The smallest absolute Gasteiger partial charge is 0.347 e. The van der Waals surface area contributed by atoms with Crippen LogP contribution in [0, 0.1) is 0 Å². The molecule has 0 bridgehead atoms. The minimum Gasteiger partial charge on any atom is -0.465 e. The molecule has 0 saturated heterocycles. The van der Waals surface area contributed by atoms with E-state index in [1.54, 1.807) is 11.4 Å². The molecule has 0 saturated carbocycles. The Labute approximate surface area is 64.2 Å². The van der Waals surface area contributed by atoms with Crippen LogP contribution in [0.4, 0.5) is 0 Å². The summed E-state index contributed by atoms with van der Waals surface area (Å²) in [6.07, 6.45) is 0. The van der Waals surface area contributed by atoms with Gasteiger partial charge in [-0.1, -0.05) is 5.46 Å². The molecule has 4 heteroatoms. The van der Waals surface area contributed by atoms with Gasteiger partial charge in [-0.3, -0.25) is 0 Å². The Morgan fingerprint density at radius 1 is 1.80 bits per heavy atom. The predicted molar refractivity (Wildman–Crippen MR) is 41.0 cm³/mol. The van der Waals surface area contributed by atoms with E-state index < -0.39 is 0 Å². The summed E-state index contributed by atoms with van der Waals surface area (Å²) in [4.78, 5) is 11.3. The Bertz CT molecular complexity index is 244. The molecule has 0 amide bonds. The zero-order valence-electron chi connectivity index (χ0n) is 5.46. The van der Waals surface area contributed by atoms with Crippen molar-refractivity contribution in [1.82, 2.24) is 0 Å². The molecule has 1 heterocycles. The largest absolute Gasteiger partial charge is 0.465 e. The lowest BCUT2D eigenvalue weighted by Crippen LogP contribution is -2.00. The molecular weight excluding hydrogens is 147 g/mol. The monoisotopic (exact) mass is 152 g/mol. The maximum atomic E-state index is 10.8. The minimum atomic E-state index is -0.332. The summed E-state index contributed by atoms with van der Waals surface area (Å²) in [5.41, 5.74) is 0.602. The van der Waals surface area contributed by atoms with Gasteiger partial charge in [0.1, 0.15) is 12.7 Å². The van der Waals surface area contributed by atoms with E-state index in [2.05, 4.69) is 4.74 Å². The van der Waals surface area contributed by atoms with Crippen molar-refractivity contribution >= 4 is 30.6 Å². The highest BCUT2D eigenvalue weighted by molar-refractivity contribution is 7.12. The number of thiophene rings is 1. The SMILES string of the molecule is [B]c1csc(C(=O)OC)c1. The minimum absolute atomic E-state index is 0.332. The summed E-state index contributed by atoms with van der Waals surface area (Å²) in [6.45, 7) is 0. The zero-order valence-corrected chi connectivity index (χ0v) is 6.27. The molecule has 1 aromatic rings. The molecule has 1 rings (SSSR count). The lowest BCUT2D eigenvalue weighted by molar-refractivity contribution is 0.0606. The van der Waals surface area contributed by atoms with Crippen molar-refractivity contribution in [2.75, 3.05) is 7.11 Å². The summed E-state index contributed by atoms with van der Waals surface area (Å²) in [5.74, 6) is -0.332. The van der Waals surface area contributed by atoms with Gasteiger partial charge in [0.25, 0.3) is 0 Å². The number of ether oxygens (including phenoxy) is 1. The first-order chi connectivity index (χ1) is 4.74. The number of carbonyl (C=O) groups is 1.